The molecule has 7 nitrogen and oxygen atoms in total. The van der Waals surface area contributed by atoms with E-state index in [9.17, 15) is 17.4 Å². The van der Waals surface area contributed by atoms with Crippen LogP contribution < -0.4 is 4.72 Å². The Bertz CT molecular complexity index is 663. The van der Waals surface area contributed by atoms with Gasteiger partial charge in [-0.2, -0.15) is 0 Å². The van der Waals surface area contributed by atoms with E-state index in [-0.39, 0.29) is 27.9 Å². The molecule has 3 N–H and O–H groups in total. The maximum atomic E-state index is 12.4. The number of aromatic amines is 1. The van der Waals surface area contributed by atoms with Crippen molar-refractivity contribution < 1.29 is 22.5 Å². The zero-order valence-electron chi connectivity index (χ0n) is 12.4. The molecule has 0 aliphatic carbocycles. The first kappa shape index (κ1) is 17.9. The summed E-state index contributed by atoms with van der Waals surface area (Å²) in [5.74, 6) is -0.804. The van der Waals surface area contributed by atoms with Crippen molar-refractivity contribution in [1.82, 2.24) is 9.71 Å². The number of carboxylic acid groups (broad SMARTS) is 1. The van der Waals surface area contributed by atoms with Crippen LogP contribution in [-0.4, -0.2) is 46.7 Å². The lowest BCUT2D eigenvalue weighted by Gasteiger charge is -2.14. The number of hydrogen-bond acceptors (Lipinski definition) is 4. The highest BCUT2D eigenvalue weighted by Gasteiger charge is 2.27. The molecule has 0 saturated heterocycles. The van der Waals surface area contributed by atoms with Gasteiger partial charge in [0.25, 0.3) is 0 Å². The molecule has 1 heterocycles. The Morgan fingerprint density at radius 3 is 2.43 bits per heavy atom. The summed E-state index contributed by atoms with van der Waals surface area (Å²) in [7, 11) is -4.81. The molecular formula is C12H20N2O5S2. The molecule has 120 valence electrons. The van der Waals surface area contributed by atoms with E-state index in [1.165, 1.54) is 13.8 Å². The molecular weight excluding hydrogens is 316 g/mol. The molecule has 1 aromatic heterocycles. The van der Waals surface area contributed by atoms with Gasteiger partial charge in [-0.15, -0.1) is 0 Å². The molecule has 0 saturated carbocycles. The second-order valence-electron chi connectivity index (χ2n) is 4.97. The van der Waals surface area contributed by atoms with Crippen LogP contribution in [0.15, 0.2) is 4.90 Å². The lowest BCUT2D eigenvalue weighted by molar-refractivity contribution is 0.0690. The van der Waals surface area contributed by atoms with Crippen LogP contribution in [-0.2, 0) is 20.8 Å². The smallest absolute Gasteiger partial charge is 0.352 e. The molecule has 2 unspecified atom stereocenters. The van der Waals surface area contributed by atoms with Gasteiger partial charge in [0.2, 0.25) is 10.0 Å². The van der Waals surface area contributed by atoms with Gasteiger partial charge in [-0.05, 0) is 27.2 Å². The van der Waals surface area contributed by atoms with Crippen molar-refractivity contribution in [2.45, 2.75) is 38.1 Å². The molecule has 1 rings (SSSR count). The van der Waals surface area contributed by atoms with Crippen molar-refractivity contribution >= 4 is 26.8 Å². The van der Waals surface area contributed by atoms with E-state index >= 15 is 0 Å². The molecule has 0 aliphatic heterocycles. The second-order valence-corrected chi connectivity index (χ2v) is 8.18. The summed E-state index contributed by atoms with van der Waals surface area (Å²) in [5, 5.41) is 9.02. The van der Waals surface area contributed by atoms with E-state index in [1.807, 2.05) is 0 Å². The molecule has 0 radical (unpaired) electrons. The van der Waals surface area contributed by atoms with E-state index in [1.54, 1.807) is 13.2 Å². The van der Waals surface area contributed by atoms with Gasteiger partial charge in [-0.1, -0.05) is 0 Å². The van der Waals surface area contributed by atoms with Crippen molar-refractivity contribution in [1.29, 1.82) is 0 Å². The fourth-order valence-corrected chi connectivity index (χ4v) is 4.49. The molecule has 1 aromatic rings. The van der Waals surface area contributed by atoms with E-state index in [0.717, 1.165) is 0 Å². The Morgan fingerprint density at radius 1 is 1.43 bits per heavy atom. The maximum Gasteiger partial charge on any atom is 0.352 e. The minimum atomic E-state index is -3.82. The van der Waals surface area contributed by atoms with Gasteiger partial charge < -0.3 is 10.1 Å². The third kappa shape index (κ3) is 4.39. The van der Waals surface area contributed by atoms with Gasteiger partial charge in [-0.25, -0.2) is 17.9 Å². The topological polar surface area (TPSA) is 116 Å². The highest BCUT2D eigenvalue weighted by atomic mass is 32.2. The average molecular weight is 336 g/mol. The van der Waals surface area contributed by atoms with Gasteiger partial charge in [-0.3, -0.25) is 4.21 Å². The summed E-state index contributed by atoms with van der Waals surface area (Å²) in [5.41, 5.74) is 0.331. The van der Waals surface area contributed by atoms with Crippen LogP contribution in [0.2, 0.25) is 0 Å². The zero-order valence-corrected chi connectivity index (χ0v) is 14.0. The van der Waals surface area contributed by atoms with E-state index in [0.29, 0.717) is 12.2 Å². The molecule has 0 aliphatic rings. The molecule has 0 bridgehead atoms. The fraction of sp³-hybridized carbons (Fsp3) is 0.583. The number of H-pyrrole nitrogens is 1. The van der Waals surface area contributed by atoms with Crippen LogP contribution in [0.25, 0.3) is 0 Å². The summed E-state index contributed by atoms with van der Waals surface area (Å²) in [6.45, 7) is 4.65. The molecule has 21 heavy (non-hydrogen) atoms. The van der Waals surface area contributed by atoms with Crippen LogP contribution in [0.4, 0.5) is 0 Å². The number of hydrogen-bond donors (Lipinski definition) is 3. The third-order valence-corrected chi connectivity index (χ3v) is 5.72. The molecule has 0 fully saturated rings. The fourth-order valence-electron chi connectivity index (χ4n) is 2.08. The second kappa shape index (κ2) is 6.71. The Labute approximate surface area is 126 Å². The van der Waals surface area contributed by atoms with Crippen LogP contribution in [0.3, 0.4) is 0 Å². The third-order valence-electron chi connectivity index (χ3n) is 3.05. The number of carbonyl (C=O) groups is 1. The monoisotopic (exact) mass is 336 g/mol. The summed E-state index contributed by atoms with van der Waals surface area (Å²) in [4.78, 5) is 13.6. The van der Waals surface area contributed by atoms with Gasteiger partial charge in [0.15, 0.2) is 0 Å². The van der Waals surface area contributed by atoms with Gasteiger partial charge in [0.05, 0.1) is 0 Å². The number of aromatic nitrogens is 1. The zero-order chi connectivity index (χ0) is 16.4. The highest BCUT2D eigenvalue weighted by molar-refractivity contribution is 7.89. The lowest BCUT2D eigenvalue weighted by atomic mass is 10.2. The van der Waals surface area contributed by atoms with Crippen LogP contribution in [0.5, 0.6) is 0 Å². The largest absolute Gasteiger partial charge is 0.477 e. The summed E-state index contributed by atoms with van der Waals surface area (Å²) < 4.78 is 38.3. The number of rotatable bonds is 7. The van der Waals surface area contributed by atoms with Crippen LogP contribution in [0.1, 0.15) is 35.1 Å². The lowest BCUT2D eigenvalue weighted by Crippen LogP contribution is -2.34. The van der Waals surface area contributed by atoms with Gasteiger partial charge in [0.1, 0.15) is 10.6 Å². The highest BCUT2D eigenvalue weighted by Crippen LogP contribution is 2.23. The number of aryl methyl sites for hydroxylation is 1. The first-order valence-electron chi connectivity index (χ1n) is 6.31. The quantitative estimate of drug-likeness (QED) is 0.680. The molecule has 9 heteroatoms. The predicted octanol–water partition coefficient (Wildman–Crippen LogP) is 0.765. The SMILES string of the molecule is Cc1[nH]c(C(=O)O)c(C)c1S(=O)(=O)NC(C)CCS(C)=O. The molecule has 0 amide bonds. The van der Waals surface area contributed by atoms with Crippen LogP contribution in [0, 0.1) is 13.8 Å². The Hall–Kier alpha value is -1.19. The predicted molar refractivity (Wildman–Crippen MR) is 80.6 cm³/mol. The molecule has 2 atom stereocenters. The Balaban J connectivity index is 3.04. The summed E-state index contributed by atoms with van der Waals surface area (Å²) in [6, 6.07) is -0.388. The van der Waals surface area contributed by atoms with Gasteiger partial charge in [0, 0.05) is 40.1 Å². The average Bonchev–Trinajstić information content (AvgIpc) is 2.62. The number of nitrogens with one attached hydrogen (secondary N) is 2. The van der Waals surface area contributed by atoms with Crippen molar-refractivity contribution in [3.05, 3.63) is 17.0 Å². The normalized spacial score (nSPS) is 14.9. The minimum absolute atomic E-state index is 0.0376. The maximum absolute atomic E-state index is 12.4. The number of aromatic carboxylic acids is 1. The van der Waals surface area contributed by atoms with Crippen molar-refractivity contribution in [2.24, 2.45) is 0 Å². The van der Waals surface area contributed by atoms with Crippen molar-refractivity contribution in [3.8, 4) is 0 Å². The minimum Gasteiger partial charge on any atom is -0.477 e. The van der Waals surface area contributed by atoms with Crippen molar-refractivity contribution in [2.75, 3.05) is 12.0 Å². The molecule has 0 aromatic carbocycles. The first-order chi connectivity index (χ1) is 9.56. The summed E-state index contributed by atoms with van der Waals surface area (Å²) >= 11 is 0. The van der Waals surface area contributed by atoms with E-state index < -0.39 is 26.8 Å². The summed E-state index contributed by atoms with van der Waals surface area (Å²) in [6.07, 6.45) is 2.00. The van der Waals surface area contributed by atoms with E-state index in [4.69, 9.17) is 5.11 Å². The van der Waals surface area contributed by atoms with Gasteiger partial charge >= 0.3 is 5.97 Å². The van der Waals surface area contributed by atoms with Crippen molar-refractivity contribution in [3.63, 3.8) is 0 Å². The first-order valence-corrected chi connectivity index (χ1v) is 9.52. The Kier molecular flexibility index (Phi) is 5.71. The van der Waals surface area contributed by atoms with Crippen LogP contribution >= 0.6 is 0 Å². The van der Waals surface area contributed by atoms with E-state index in [2.05, 4.69) is 9.71 Å². The number of carboxylic acids is 1. The number of sulfonamides is 1. The standard InChI is InChI=1S/C12H20N2O5S2/c1-7(5-6-20(4)17)14-21(18,19)11-8(2)10(12(15)16)13-9(11)3/h7,13-14H,5-6H2,1-4H3,(H,15,16). The Morgan fingerprint density at radius 2 is 2.00 bits per heavy atom. The molecule has 0 spiro atoms.